The average molecular weight is 324 g/mol. The van der Waals surface area contributed by atoms with E-state index < -0.39 is 4.92 Å². The first-order valence-corrected chi connectivity index (χ1v) is 7.42. The van der Waals surface area contributed by atoms with E-state index in [1.165, 1.54) is 12.1 Å². The van der Waals surface area contributed by atoms with Crippen LogP contribution in [0.3, 0.4) is 0 Å². The maximum atomic E-state index is 12.2. The maximum absolute atomic E-state index is 12.2. The zero-order chi connectivity index (χ0) is 17.3. The Bertz CT molecular complexity index is 946. The third-order valence-electron chi connectivity index (χ3n) is 3.78. The standard InChI is InChI=1S/C17H16N4O3/c1-11-5-6-14(21(23)24)9-15(11)19-16(22)8-13-10-20-7-3-4-12(2)17(20)18-13/h3-7,9-10H,8H2,1-2H3,(H,19,22). The molecular formula is C17H16N4O3. The molecule has 2 heterocycles. The van der Waals surface area contributed by atoms with Crippen LogP contribution in [0, 0.1) is 24.0 Å². The van der Waals surface area contributed by atoms with Crippen molar-refractivity contribution in [3.63, 3.8) is 0 Å². The van der Waals surface area contributed by atoms with E-state index in [0.717, 1.165) is 16.8 Å². The fraction of sp³-hybridized carbons (Fsp3) is 0.176. The number of imidazole rings is 1. The van der Waals surface area contributed by atoms with Crippen molar-refractivity contribution in [2.24, 2.45) is 0 Å². The zero-order valence-corrected chi connectivity index (χ0v) is 13.3. The van der Waals surface area contributed by atoms with Gasteiger partial charge in [-0.15, -0.1) is 0 Å². The number of aryl methyl sites for hydroxylation is 2. The minimum absolute atomic E-state index is 0.0562. The first-order valence-electron chi connectivity index (χ1n) is 7.42. The predicted molar refractivity (Wildman–Crippen MR) is 90.1 cm³/mol. The number of rotatable bonds is 4. The molecule has 24 heavy (non-hydrogen) atoms. The summed E-state index contributed by atoms with van der Waals surface area (Å²) in [7, 11) is 0. The van der Waals surface area contributed by atoms with Crippen LogP contribution in [0.5, 0.6) is 0 Å². The van der Waals surface area contributed by atoms with Crippen molar-refractivity contribution in [3.05, 3.63) is 69.7 Å². The summed E-state index contributed by atoms with van der Waals surface area (Å²) < 4.78 is 1.87. The van der Waals surface area contributed by atoms with Gasteiger partial charge in [0.1, 0.15) is 5.65 Å². The lowest BCUT2D eigenvalue weighted by Gasteiger charge is -2.07. The molecule has 2 aromatic heterocycles. The number of nitro benzene ring substituents is 1. The van der Waals surface area contributed by atoms with Crippen LogP contribution in [0.1, 0.15) is 16.8 Å². The molecule has 7 nitrogen and oxygen atoms in total. The van der Waals surface area contributed by atoms with Crippen LogP contribution in [0.2, 0.25) is 0 Å². The monoisotopic (exact) mass is 324 g/mol. The summed E-state index contributed by atoms with van der Waals surface area (Å²) in [5.41, 5.74) is 3.63. The predicted octanol–water partition coefficient (Wildman–Crippen LogP) is 3.04. The van der Waals surface area contributed by atoms with Gasteiger partial charge in [-0.2, -0.15) is 0 Å². The van der Waals surface area contributed by atoms with E-state index in [0.29, 0.717) is 11.4 Å². The number of non-ortho nitro benzene ring substituents is 1. The second-order valence-electron chi connectivity index (χ2n) is 5.64. The number of benzene rings is 1. The summed E-state index contributed by atoms with van der Waals surface area (Å²) in [4.78, 5) is 27.1. The van der Waals surface area contributed by atoms with Crippen LogP contribution in [-0.2, 0) is 11.2 Å². The highest BCUT2D eigenvalue weighted by Crippen LogP contribution is 2.22. The highest BCUT2D eigenvalue weighted by atomic mass is 16.6. The molecule has 0 atom stereocenters. The molecule has 0 radical (unpaired) electrons. The molecule has 0 aliphatic heterocycles. The topological polar surface area (TPSA) is 89.5 Å². The van der Waals surface area contributed by atoms with Gasteiger partial charge >= 0.3 is 0 Å². The smallest absolute Gasteiger partial charge is 0.271 e. The van der Waals surface area contributed by atoms with Crippen LogP contribution >= 0.6 is 0 Å². The number of amides is 1. The van der Waals surface area contributed by atoms with Crippen molar-refractivity contribution >= 4 is 22.9 Å². The number of hydrogen-bond donors (Lipinski definition) is 1. The molecule has 1 amide bonds. The van der Waals surface area contributed by atoms with Crippen molar-refractivity contribution in [3.8, 4) is 0 Å². The molecular weight excluding hydrogens is 308 g/mol. The molecule has 122 valence electrons. The van der Waals surface area contributed by atoms with E-state index in [9.17, 15) is 14.9 Å². The summed E-state index contributed by atoms with van der Waals surface area (Å²) in [5, 5.41) is 13.6. The lowest BCUT2D eigenvalue weighted by Crippen LogP contribution is -2.15. The quantitative estimate of drug-likeness (QED) is 0.590. The highest BCUT2D eigenvalue weighted by molar-refractivity contribution is 5.93. The highest BCUT2D eigenvalue weighted by Gasteiger charge is 2.13. The molecule has 0 saturated carbocycles. The zero-order valence-electron chi connectivity index (χ0n) is 13.3. The van der Waals surface area contributed by atoms with Crippen molar-refractivity contribution in [1.29, 1.82) is 0 Å². The number of carbonyl (C=O) groups excluding carboxylic acids is 1. The van der Waals surface area contributed by atoms with Gasteiger partial charge in [0.05, 0.1) is 22.7 Å². The van der Waals surface area contributed by atoms with Gasteiger partial charge in [-0.05, 0) is 31.0 Å². The van der Waals surface area contributed by atoms with Gasteiger partial charge in [-0.25, -0.2) is 4.98 Å². The van der Waals surface area contributed by atoms with Crippen molar-refractivity contribution in [1.82, 2.24) is 9.38 Å². The number of carbonyl (C=O) groups is 1. The largest absolute Gasteiger partial charge is 0.325 e. The first kappa shape index (κ1) is 15.7. The fourth-order valence-electron chi connectivity index (χ4n) is 2.51. The lowest BCUT2D eigenvalue weighted by molar-refractivity contribution is -0.384. The van der Waals surface area contributed by atoms with Gasteiger partial charge in [0.25, 0.3) is 5.69 Å². The SMILES string of the molecule is Cc1ccc([N+](=O)[O-])cc1NC(=O)Cc1cn2cccc(C)c2n1. The second kappa shape index (κ2) is 6.11. The third kappa shape index (κ3) is 3.10. The fourth-order valence-corrected chi connectivity index (χ4v) is 2.51. The minimum Gasteiger partial charge on any atom is -0.325 e. The van der Waals surface area contributed by atoms with Crippen molar-refractivity contribution < 1.29 is 9.72 Å². The average Bonchev–Trinajstić information content (AvgIpc) is 2.93. The number of nitrogens with zero attached hydrogens (tertiary/aromatic N) is 3. The normalized spacial score (nSPS) is 10.8. The number of nitrogens with one attached hydrogen (secondary N) is 1. The molecule has 0 fully saturated rings. The Hall–Kier alpha value is -3.22. The molecule has 3 rings (SSSR count). The third-order valence-corrected chi connectivity index (χ3v) is 3.78. The van der Waals surface area contributed by atoms with Gasteiger partial charge in [0.15, 0.2) is 0 Å². The summed E-state index contributed by atoms with van der Waals surface area (Å²) in [6.07, 6.45) is 3.78. The minimum atomic E-state index is -0.486. The summed E-state index contributed by atoms with van der Waals surface area (Å²) >= 11 is 0. The Labute approximate surface area is 138 Å². The number of aromatic nitrogens is 2. The molecule has 0 spiro atoms. The molecule has 3 aromatic rings. The van der Waals surface area contributed by atoms with Crippen LogP contribution in [0.4, 0.5) is 11.4 Å². The number of anilines is 1. The molecule has 1 aromatic carbocycles. The number of pyridine rings is 1. The number of hydrogen-bond acceptors (Lipinski definition) is 4. The molecule has 7 heteroatoms. The number of nitro groups is 1. The molecule has 0 unspecified atom stereocenters. The molecule has 0 bridgehead atoms. The molecule has 0 aliphatic rings. The van der Waals surface area contributed by atoms with E-state index in [1.54, 1.807) is 13.0 Å². The van der Waals surface area contributed by atoms with Crippen LogP contribution in [0.15, 0.2) is 42.7 Å². The van der Waals surface area contributed by atoms with E-state index in [2.05, 4.69) is 10.3 Å². The van der Waals surface area contributed by atoms with E-state index in [-0.39, 0.29) is 18.0 Å². The van der Waals surface area contributed by atoms with E-state index in [1.807, 2.05) is 35.9 Å². The van der Waals surface area contributed by atoms with Gasteiger partial charge in [-0.1, -0.05) is 12.1 Å². The van der Waals surface area contributed by atoms with Gasteiger partial charge in [0.2, 0.25) is 5.91 Å². The summed E-state index contributed by atoms with van der Waals surface area (Å²) in [5.74, 6) is -0.264. The maximum Gasteiger partial charge on any atom is 0.271 e. The van der Waals surface area contributed by atoms with Crippen LogP contribution < -0.4 is 5.32 Å². The molecule has 0 saturated heterocycles. The van der Waals surface area contributed by atoms with Gasteiger partial charge < -0.3 is 9.72 Å². The molecule has 0 aliphatic carbocycles. The Kier molecular flexibility index (Phi) is 3.99. The molecule has 1 N–H and O–H groups in total. The van der Waals surface area contributed by atoms with Crippen molar-refractivity contribution in [2.45, 2.75) is 20.3 Å². The number of fused-ring (bicyclic) bond motifs is 1. The van der Waals surface area contributed by atoms with E-state index in [4.69, 9.17) is 0 Å². The second-order valence-corrected chi connectivity index (χ2v) is 5.64. The summed E-state index contributed by atoms with van der Waals surface area (Å²) in [6.45, 7) is 3.74. The Morgan fingerprint density at radius 1 is 1.29 bits per heavy atom. The Balaban J connectivity index is 1.79. The van der Waals surface area contributed by atoms with E-state index >= 15 is 0 Å². The Morgan fingerprint density at radius 3 is 2.79 bits per heavy atom. The van der Waals surface area contributed by atoms with Gasteiger partial charge in [0, 0.05) is 24.5 Å². The van der Waals surface area contributed by atoms with Crippen LogP contribution in [-0.4, -0.2) is 20.2 Å². The first-order chi connectivity index (χ1) is 11.4. The lowest BCUT2D eigenvalue weighted by atomic mass is 10.1. The van der Waals surface area contributed by atoms with Gasteiger partial charge in [-0.3, -0.25) is 14.9 Å². The van der Waals surface area contributed by atoms with Crippen molar-refractivity contribution in [2.75, 3.05) is 5.32 Å². The summed E-state index contributed by atoms with van der Waals surface area (Å²) in [6, 6.07) is 8.26. The van der Waals surface area contributed by atoms with Crippen LogP contribution in [0.25, 0.3) is 5.65 Å². The Morgan fingerprint density at radius 2 is 2.08 bits per heavy atom.